The van der Waals surface area contributed by atoms with E-state index in [0.29, 0.717) is 27.3 Å². The number of carbonyl (C=O) groups is 2. The molecule has 1 amide bonds. The maximum absolute atomic E-state index is 13.0. The van der Waals surface area contributed by atoms with Gasteiger partial charge in [0.25, 0.3) is 0 Å². The van der Waals surface area contributed by atoms with Crippen molar-refractivity contribution >= 4 is 55.5 Å². The molecule has 0 unspecified atom stereocenters. The number of anilines is 2. The van der Waals surface area contributed by atoms with Crippen molar-refractivity contribution < 1.29 is 9.59 Å². The molecule has 8 nitrogen and oxygen atoms in total. The number of carbonyl (C=O) groups excluding carboxylic acids is 2. The number of thiazole rings is 1. The fourth-order valence-corrected chi connectivity index (χ4v) is 5.69. The molecule has 1 aliphatic rings. The zero-order chi connectivity index (χ0) is 22.9. The summed E-state index contributed by atoms with van der Waals surface area (Å²) < 4.78 is 1.38. The van der Waals surface area contributed by atoms with Gasteiger partial charge >= 0.3 is 5.69 Å². The number of hydrogen-bond acceptors (Lipinski definition) is 8. The van der Waals surface area contributed by atoms with E-state index in [1.807, 2.05) is 17.5 Å². The highest BCUT2D eigenvalue weighted by molar-refractivity contribution is 7.22. The normalized spacial score (nSPS) is 13.5. The summed E-state index contributed by atoms with van der Waals surface area (Å²) >= 11 is 2.92. The minimum absolute atomic E-state index is 0.0866. The van der Waals surface area contributed by atoms with Gasteiger partial charge in [0.1, 0.15) is 22.6 Å². The van der Waals surface area contributed by atoms with Crippen molar-refractivity contribution in [3.8, 4) is 10.6 Å². The first-order chi connectivity index (χ1) is 16.0. The summed E-state index contributed by atoms with van der Waals surface area (Å²) in [5.41, 5.74) is 1.71. The van der Waals surface area contributed by atoms with Gasteiger partial charge in [-0.25, -0.2) is 9.78 Å². The molecule has 4 aromatic rings. The molecular weight excluding hydrogens is 458 g/mol. The highest BCUT2D eigenvalue weighted by Gasteiger charge is 2.23. The number of amides is 1. The molecule has 5 rings (SSSR count). The highest BCUT2D eigenvalue weighted by Crippen LogP contribution is 2.35. The standard InChI is InChI=1S/C23H21N5O3S2/c1-14(29)15-6-4-7-16(12-15)24-18(30)13-28-21-20(26-23(33-21)27-9-2-3-10-27)19(25-22(28)31)17-8-5-11-32-17/h4-8,11-12H,2-3,9-10,13H2,1H3,(H,24,30). The molecule has 10 heteroatoms. The molecule has 1 saturated heterocycles. The number of aromatic nitrogens is 3. The molecule has 1 aliphatic heterocycles. The third-order valence-electron chi connectivity index (χ3n) is 5.49. The van der Waals surface area contributed by atoms with Gasteiger partial charge in [-0.3, -0.25) is 14.2 Å². The van der Waals surface area contributed by atoms with E-state index in [0.717, 1.165) is 35.9 Å². The number of nitrogens with zero attached hydrogens (tertiary/aromatic N) is 4. The molecule has 3 aromatic heterocycles. The molecule has 1 N–H and O–H groups in total. The van der Waals surface area contributed by atoms with E-state index >= 15 is 0 Å². The number of Topliss-reactive ketones (excluding diaryl/α,β-unsaturated/α-hetero) is 1. The molecule has 33 heavy (non-hydrogen) atoms. The molecule has 0 spiro atoms. The quantitative estimate of drug-likeness (QED) is 0.420. The lowest BCUT2D eigenvalue weighted by atomic mass is 10.1. The molecular formula is C23H21N5O3S2. The van der Waals surface area contributed by atoms with Gasteiger partial charge in [0, 0.05) is 24.3 Å². The topological polar surface area (TPSA) is 97.2 Å². The number of hydrogen-bond donors (Lipinski definition) is 1. The summed E-state index contributed by atoms with van der Waals surface area (Å²) in [5, 5.41) is 5.56. The summed E-state index contributed by atoms with van der Waals surface area (Å²) in [6.07, 6.45) is 2.22. The Bertz CT molecular complexity index is 1400. The Morgan fingerprint density at radius 1 is 1.12 bits per heavy atom. The average molecular weight is 480 g/mol. The molecule has 168 valence electrons. The Morgan fingerprint density at radius 2 is 1.94 bits per heavy atom. The van der Waals surface area contributed by atoms with Gasteiger partial charge in [-0.2, -0.15) is 4.98 Å². The zero-order valence-corrected chi connectivity index (χ0v) is 19.5. The maximum atomic E-state index is 13.0. The van der Waals surface area contributed by atoms with Crippen LogP contribution < -0.4 is 15.9 Å². The molecule has 0 bridgehead atoms. The first-order valence-corrected chi connectivity index (χ1v) is 12.3. The van der Waals surface area contributed by atoms with Gasteiger partial charge in [0.2, 0.25) is 5.91 Å². The number of rotatable bonds is 6. The fourth-order valence-electron chi connectivity index (χ4n) is 3.86. The van der Waals surface area contributed by atoms with E-state index in [1.54, 1.807) is 24.3 Å². The van der Waals surface area contributed by atoms with E-state index < -0.39 is 5.69 Å². The van der Waals surface area contributed by atoms with Crippen molar-refractivity contribution in [2.45, 2.75) is 26.3 Å². The lowest BCUT2D eigenvalue weighted by Crippen LogP contribution is -2.29. The Labute approximate surface area is 197 Å². The minimum atomic E-state index is -0.491. The number of fused-ring (bicyclic) bond motifs is 1. The molecule has 1 aromatic carbocycles. The number of ketones is 1. The lowest BCUT2D eigenvalue weighted by Gasteiger charge is -2.11. The van der Waals surface area contributed by atoms with Gasteiger partial charge in [-0.1, -0.05) is 29.5 Å². The van der Waals surface area contributed by atoms with Crippen molar-refractivity contribution in [1.29, 1.82) is 0 Å². The third-order valence-corrected chi connectivity index (χ3v) is 7.51. The zero-order valence-electron chi connectivity index (χ0n) is 17.9. The van der Waals surface area contributed by atoms with Gasteiger partial charge in [-0.05, 0) is 43.3 Å². The van der Waals surface area contributed by atoms with Crippen molar-refractivity contribution in [1.82, 2.24) is 14.5 Å². The van der Waals surface area contributed by atoms with Crippen molar-refractivity contribution in [3.63, 3.8) is 0 Å². The second-order valence-corrected chi connectivity index (χ2v) is 9.74. The Balaban J connectivity index is 1.52. The third kappa shape index (κ3) is 4.31. The van der Waals surface area contributed by atoms with Crippen LogP contribution in [0.1, 0.15) is 30.1 Å². The molecule has 0 radical (unpaired) electrons. The van der Waals surface area contributed by atoms with Crippen molar-refractivity contribution in [3.05, 3.63) is 57.8 Å². The van der Waals surface area contributed by atoms with Crippen LogP contribution in [0, 0.1) is 0 Å². The van der Waals surface area contributed by atoms with Crippen LogP contribution in [0.2, 0.25) is 0 Å². The summed E-state index contributed by atoms with van der Waals surface area (Å²) in [5.74, 6) is -0.461. The first kappa shape index (κ1) is 21.5. The van der Waals surface area contributed by atoms with Crippen LogP contribution in [0.15, 0.2) is 46.6 Å². The SMILES string of the molecule is CC(=O)c1cccc(NC(=O)Cn2c(=O)nc(-c3cccs3)c3nc(N4CCCC4)sc32)c1. The molecule has 0 atom stereocenters. The number of thiophene rings is 1. The number of benzene rings is 1. The van der Waals surface area contributed by atoms with Crippen LogP contribution in [-0.4, -0.2) is 39.3 Å². The monoisotopic (exact) mass is 479 g/mol. The second kappa shape index (κ2) is 8.87. The largest absolute Gasteiger partial charge is 0.349 e. The summed E-state index contributed by atoms with van der Waals surface area (Å²) in [4.78, 5) is 50.3. The van der Waals surface area contributed by atoms with Gasteiger partial charge in [-0.15, -0.1) is 11.3 Å². The maximum Gasteiger partial charge on any atom is 0.349 e. The van der Waals surface area contributed by atoms with Crippen LogP contribution in [0.25, 0.3) is 20.9 Å². The van der Waals surface area contributed by atoms with Crippen LogP contribution in [0.3, 0.4) is 0 Å². The van der Waals surface area contributed by atoms with Crippen LogP contribution in [0.5, 0.6) is 0 Å². The number of nitrogens with one attached hydrogen (secondary N) is 1. The van der Waals surface area contributed by atoms with E-state index in [1.165, 1.54) is 34.2 Å². The van der Waals surface area contributed by atoms with E-state index in [2.05, 4.69) is 15.2 Å². The summed E-state index contributed by atoms with van der Waals surface area (Å²) in [7, 11) is 0. The van der Waals surface area contributed by atoms with Gasteiger partial charge < -0.3 is 10.2 Å². The van der Waals surface area contributed by atoms with E-state index in [-0.39, 0.29) is 18.2 Å². The lowest BCUT2D eigenvalue weighted by molar-refractivity contribution is -0.116. The highest BCUT2D eigenvalue weighted by atomic mass is 32.1. The van der Waals surface area contributed by atoms with E-state index in [9.17, 15) is 14.4 Å². The average Bonchev–Trinajstić information content (AvgIpc) is 3.56. The Morgan fingerprint density at radius 3 is 2.67 bits per heavy atom. The van der Waals surface area contributed by atoms with Gasteiger partial charge in [0.15, 0.2) is 10.9 Å². The smallest absolute Gasteiger partial charge is 0.348 e. The molecule has 4 heterocycles. The fraction of sp³-hybridized carbons (Fsp3) is 0.261. The summed E-state index contributed by atoms with van der Waals surface area (Å²) in [6, 6.07) is 10.6. The van der Waals surface area contributed by atoms with Crippen LogP contribution >= 0.6 is 22.7 Å². The second-order valence-electron chi connectivity index (χ2n) is 7.84. The van der Waals surface area contributed by atoms with E-state index in [4.69, 9.17) is 4.98 Å². The Kier molecular flexibility index (Phi) is 5.77. The first-order valence-electron chi connectivity index (χ1n) is 10.6. The van der Waals surface area contributed by atoms with Gasteiger partial charge in [0.05, 0.1) is 4.88 Å². The molecule has 1 fully saturated rings. The summed E-state index contributed by atoms with van der Waals surface area (Å²) in [6.45, 7) is 3.14. The van der Waals surface area contributed by atoms with Crippen LogP contribution in [0.4, 0.5) is 10.8 Å². The Hall–Kier alpha value is -3.37. The minimum Gasteiger partial charge on any atom is -0.348 e. The predicted molar refractivity (Wildman–Crippen MR) is 132 cm³/mol. The van der Waals surface area contributed by atoms with Crippen molar-refractivity contribution in [2.75, 3.05) is 23.3 Å². The molecule has 0 saturated carbocycles. The van der Waals surface area contributed by atoms with Crippen molar-refractivity contribution in [2.24, 2.45) is 0 Å². The molecule has 0 aliphatic carbocycles. The van der Waals surface area contributed by atoms with Crippen LogP contribution in [-0.2, 0) is 11.3 Å². The predicted octanol–water partition coefficient (Wildman–Crippen LogP) is 4.02.